The van der Waals surface area contributed by atoms with Crippen molar-refractivity contribution in [1.29, 1.82) is 0 Å². The summed E-state index contributed by atoms with van der Waals surface area (Å²) in [7, 11) is 0. The van der Waals surface area contributed by atoms with Gasteiger partial charge in [0.05, 0.1) is 11.5 Å². The second-order valence-corrected chi connectivity index (χ2v) is 4.68. The molecule has 0 fully saturated rings. The first-order valence-electron chi connectivity index (χ1n) is 5.92. The molecule has 0 aliphatic carbocycles. The van der Waals surface area contributed by atoms with Crippen molar-refractivity contribution in [2.24, 2.45) is 4.99 Å². The monoisotopic (exact) mass is 306 g/mol. The number of aromatic hydroxyl groups is 2. The van der Waals surface area contributed by atoms with Crippen molar-refractivity contribution in [3.63, 3.8) is 0 Å². The molecule has 2 rings (SSSR count). The molecule has 6 nitrogen and oxygen atoms in total. The number of nitrogens with zero attached hydrogens (tertiary/aromatic N) is 2. The second-order valence-electron chi connectivity index (χ2n) is 4.24. The molecule has 21 heavy (non-hydrogen) atoms. The van der Waals surface area contributed by atoms with E-state index in [1.165, 1.54) is 36.5 Å². The fraction of sp³-hybridized carbons (Fsp3) is 0.0714. The van der Waals surface area contributed by atoms with E-state index in [0.717, 1.165) is 0 Å². The third-order valence-electron chi connectivity index (χ3n) is 2.76. The second kappa shape index (κ2) is 6.23. The Hall–Kier alpha value is -2.60. The summed E-state index contributed by atoms with van der Waals surface area (Å²) in [5.41, 5.74) is 0.623. The Kier molecular flexibility index (Phi) is 4.39. The van der Waals surface area contributed by atoms with E-state index in [2.05, 4.69) is 4.99 Å². The number of phenols is 2. The van der Waals surface area contributed by atoms with Crippen molar-refractivity contribution in [2.75, 3.05) is 0 Å². The van der Waals surface area contributed by atoms with Crippen LogP contribution in [0.15, 0.2) is 41.4 Å². The molecular formula is C14H11ClN2O4. The zero-order chi connectivity index (χ0) is 15.4. The highest BCUT2D eigenvalue weighted by molar-refractivity contribution is 6.30. The number of halogens is 1. The molecule has 0 heterocycles. The first-order chi connectivity index (χ1) is 9.97. The number of benzene rings is 2. The van der Waals surface area contributed by atoms with E-state index >= 15 is 0 Å². The molecule has 0 bridgehead atoms. The Morgan fingerprint density at radius 2 is 1.90 bits per heavy atom. The van der Waals surface area contributed by atoms with Crippen LogP contribution in [0.5, 0.6) is 11.5 Å². The SMILES string of the molecule is O=[N+]([O-])c1ccc(O)c(CN=Cc2cc(Cl)ccc2O)c1. The number of non-ortho nitro benzene ring substituents is 1. The fourth-order valence-electron chi connectivity index (χ4n) is 1.68. The van der Waals surface area contributed by atoms with Gasteiger partial charge in [0.2, 0.25) is 0 Å². The van der Waals surface area contributed by atoms with Crippen LogP contribution < -0.4 is 0 Å². The average molecular weight is 307 g/mol. The van der Waals surface area contributed by atoms with E-state index in [1.54, 1.807) is 6.07 Å². The van der Waals surface area contributed by atoms with Gasteiger partial charge in [0, 0.05) is 34.5 Å². The first kappa shape index (κ1) is 14.8. The zero-order valence-corrected chi connectivity index (χ0v) is 11.5. The van der Waals surface area contributed by atoms with Gasteiger partial charge in [0.1, 0.15) is 11.5 Å². The largest absolute Gasteiger partial charge is 0.508 e. The number of nitro groups is 1. The van der Waals surface area contributed by atoms with Crippen LogP contribution in [0.1, 0.15) is 11.1 Å². The predicted octanol–water partition coefficient (Wildman–Crippen LogP) is 3.28. The van der Waals surface area contributed by atoms with Crippen LogP contribution in [0.4, 0.5) is 5.69 Å². The molecule has 2 N–H and O–H groups in total. The van der Waals surface area contributed by atoms with Gasteiger partial charge in [0.25, 0.3) is 5.69 Å². The van der Waals surface area contributed by atoms with Crippen molar-refractivity contribution >= 4 is 23.5 Å². The summed E-state index contributed by atoms with van der Waals surface area (Å²) in [6.07, 6.45) is 1.39. The normalized spacial score (nSPS) is 10.9. The first-order valence-corrected chi connectivity index (χ1v) is 6.30. The molecule has 0 atom stereocenters. The number of nitro benzene ring substituents is 1. The van der Waals surface area contributed by atoms with E-state index in [-0.39, 0.29) is 23.7 Å². The lowest BCUT2D eigenvalue weighted by atomic mass is 10.1. The minimum absolute atomic E-state index is 0.0198. The highest BCUT2D eigenvalue weighted by Crippen LogP contribution is 2.24. The standard InChI is InChI=1S/C14H11ClN2O4/c15-11-1-3-13(18)9(5-11)7-16-8-10-6-12(17(20)21)2-4-14(10)19/h1-7,18-19H,8H2. The van der Waals surface area contributed by atoms with Gasteiger partial charge in [-0.2, -0.15) is 0 Å². The Bertz CT molecular complexity index is 716. The summed E-state index contributed by atoms with van der Waals surface area (Å²) in [5, 5.41) is 30.4. The van der Waals surface area contributed by atoms with Gasteiger partial charge < -0.3 is 10.2 Å². The highest BCUT2D eigenvalue weighted by Gasteiger charge is 2.09. The Labute approximate surface area is 125 Å². The topological polar surface area (TPSA) is 96.0 Å². The molecule has 0 aromatic heterocycles. The number of hydrogen-bond acceptors (Lipinski definition) is 5. The Balaban J connectivity index is 2.19. The van der Waals surface area contributed by atoms with Crippen LogP contribution in [0, 0.1) is 10.1 Å². The molecule has 0 spiro atoms. The van der Waals surface area contributed by atoms with E-state index < -0.39 is 4.92 Å². The summed E-state index contributed by atoms with van der Waals surface area (Å²) >= 11 is 5.81. The lowest BCUT2D eigenvalue weighted by molar-refractivity contribution is -0.384. The summed E-state index contributed by atoms with van der Waals surface area (Å²) < 4.78 is 0. The van der Waals surface area contributed by atoms with E-state index in [0.29, 0.717) is 16.1 Å². The van der Waals surface area contributed by atoms with Gasteiger partial charge in [-0.05, 0) is 24.3 Å². The molecular weight excluding hydrogens is 296 g/mol. The molecule has 0 aliphatic rings. The van der Waals surface area contributed by atoms with Crippen LogP contribution in [0.3, 0.4) is 0 Å². The van der Waals surface area contributed by atoms with Crippen molar-refractivity contribution in [2.45, 2.75) is 6.54 Å². The number of hydrogen-bond donors (Lipinski definition) is 2. The average Bonchev–Trinajstić information content (AvgIpc) is 2.44. The third-order valence-corrected chi connectivity index (χ3v) is 2.99. The maximum Gasteiger partial charge on any atom is 0.270 e. The maximum absolute atomic E-state index is 10.7. The smallest absolute Gasteiger partial charge is 0.270 e. The summed E-state index contributed by atoms with van der Waals surface area (Å²) in [6, 6.07) is 8.23. The van der Waals surface area contributed by atoms with Gasteiger partial charge in [-0.15, -0.1) is 0 Å². The maximum atomic E-state index is 10.7. The summed E-state index contributed by atoms with van der Waals surface area (Å²) in [4.78, 5) is 14.2. The number of rotatable bonds is 4. The molecule has 0 saturated carbocycles. The van der Waals surface area contributed by atoms with E-state index in [9.17, 15) is 20.3 Å². The highest BCUT2D eigenvalue weighted by atomic mass is 35.5. The van der Waals surface area contributed by atoms with E-state index in [1.807, 2.05) is 0 Å². The number of aliphatic imine (C=N–C) groups is 1. The van der Waals surface area contributed by atoms with Crippen LogP contribution in [0.25, 0.3) is 0 Å². The minimum Gasteiger partial charge on any atom is -0.508 e. The molecule has 2 aromatic carbocycles. The molecule has 7 heteroatoms. The van der Waals surface area contributed by atoms with Gasteiger partial charge in [-0.1, -0.05) is 11.6 Å². The van der Waals surface area contributed by atoms with Gasteiger partial charge in [-0.25, -0.2) is 0 Å². The van der Waals surface area contributed by atoms with Crippen LogP contribution in [0.2, 0.25) is 5.02 Å². The predicted molar refractivity (Wildman–Crippen MR) is 79.2 cm³/mol. The van der Waals surface area contributed by atoms with Gasteiger partial charge in [0.15, 0.2) is 0 Å². The third kappa shape index (κ3) is 3.70. The Morgan fingerprint density at radius 1 is 1.19 bits per heavy atom. The van der Waals surface area contributed by atoms with E-state index in [4.69, 9.17) is 11.6 Å². The molecule has 0 saturated heterocycles. The number of phenolic OH excluding ortho intramolecular Hbond substituents is 2. The lowest BCUT2D eigenvalue weighted by Gasteiger charge is -2.02. The molecule has 108 valence electrons. The molecule has 2 aromatic rings. The molecule has 0 amide bonds. The fourth-order valence-corrected chi connectivity index (χ4v) is 1.86. The van der Waals surface area contributed by atoms with Crippen molar-refractivity contribution in [3.05, 3.63) is 62.7 Å². The van der Waals surface area contributed by atoms with Gasteiger partial charge >= 0.3 is 0 Å². The Morgan fingerprint density at radius 3 is 2.62 bits per heavy atom. The van der Waals surface area contributed by atoms with Crippen LogP contribution in [-0.2, 0) is 6.54 Å². The molecule has 0 unspecified atom stereocenters. The summed E-state index contributed by atoms with van der Waals surface area (Å²) in [6.45, 7) is 0.0411. The van der Waals surface area contributed by atoms with Crippen molar-refractivity contribution < 1.29 is 15.1 Å². The molecule has 0 aliphatic heterocycles. The lowest BCUT2D eigenvalue weighted by Crippen LogP contribution is -1.91. The molecule has 0 radical (unpaired) electrons. The summed E-state index contributed by atoms with van der Waals surface area (Å²) in [5.74, 6) is -0.0560. The van der Waals surface area contributed by atoms with Gasteiger partial charge in [-0.3, -0.25) is 15.1 Å². The van der Waals surface area contributed by atoms with Crippen molar-refractivity contribution in [1.82, 2.24) is 0 Å². The van der Waals surface area contributed by atoms with Crippen molar-refractivity contribution in [3.8, 4) is 11.5 Å². The van der Waals surface area contributed by atoms with Crippen LogP contribution >= 0.6 is 11.6 Å². The zero-order valence-electron chi connectivity index (χ0n) is 10.7. The van der Waals surface area contributed by atoms with Crippen LogP contribution in [-0.4, -0.2) is 21.4 Å². The minimum atomic E-state index is -0.546. The quantitative estimate of drug-likeness (QED) is 0.514.